The second kappa shape index (κ2) is 12.6. The summed E-state index contributed by atoms with van der Waals surface area (Å²) in [7, 11) is 2.22. The number of hydrogen-bond acceptors (Lipinski definition) is 3. The number of rotatable bonds is 9. The molecule has 2 atom stereocenters. The summed E-state index contributed by atoms with van der Waals surface area (Å²) < 4.78 is 0. The Morgan fingerprint density at radius 2 is 1.88 bits per heavy atom. The standard InChI is InChI=1S/C21H43N5/c1-4-22-21(24-12-10-20-9-7-8-19(2)18-20)23-11-5-6-13-26-16-14-25(3)15-17-26/h19-20H,4-18H2,1-3H3,(H2,22,23,24). The zero-order valence-corrected chi connectivity index (χ0v) is 17.6. The lowest BCUT2D eigenvalue weighted by molar-refractivity contribution is 0.152. The number of aliphatic imine (C=N–C) groups is 1. The first kappa shape index (κ1) is 21.5. The van der Waals surface area contributed by atoms with Crippen molar-refractivity contribution in [1.82, 2.24) is 20.4 Å². The van der Waals surface area contributed by atoms with Crippen molar-refractivity contribution in [3.63, 3.8) is 0 Å². The van der Waals surface area contributed by atoms with E-state index in [2.05, 4.69) is 41.3 Å². The van der Waals surface area contributed by atoms with E-state index in [0.29, 0.717) is 0 Å². The van der Waals surface area contributed by atoms with Crippen molar-refractivity contribution >= 4 is 5.96 Å². The quantitative estimate of drug-likeness (QED) is 0.375. The average molecular weight is 366 g/mol. The molecular formula is C21H43N5. The molecule has 2 aliphatic rings. The molecule has 1 saturated heterocycles. The van der Waals surface area contributed by atoms with Gasteiger partial charge in [-0.3, -0.25) is 4.99 Å². The van der Waals surface area contributed by atoms with Gasteiger partial charge >= 0.3 is 0 Å². The summed E-state index contributed by atoms with van der Waals surface area (Å²) in [5, 5.41) is 6.95. The van der Waals surface area contributed by atoms with Gasteiger partial charge in [-0.15, -0.1) is 0 Å². The van der Waals surface area contributed by atoms with Crippen LogP contribution in [0.4, 0.5) is 0 Å². The van der Waals surface area contributed by atoms with Crippen LogP contribution in [0.1, 0.15) is 58.8 Å². The SMILES string of the molecule is CCNC(=NCCCCN1CCN(C)CC1)NCCC1CCCC(C)C1. The lowest BCUT2D eigenvalue weighted by Gasteiger charge is -2.32. The zero-order valence-electron chi connectivity index (χ0n) is 17.6. The molecule has 0 aromatic rings. The van der Waals surface area contributed by atoms with Gasteiger partial charge in [0.1, 0.15) is 0 Å². The summed E-state index contributed by atoms with van der Waals surface area (Å²) in [5.41, 5.74) is 0. The lowest BCUT2D eigenvalue weighted by atomic mass is 9.81. The van der Waals surface area contributed by atoms with Crippen molar-refractivity contribution < 1.29 is 0 Å². The van der Waals surface area contributed by atoms with Crippen molar-refractivity contribution in [3.05, 3.63) is 0 Å². The Morgan fingerprint density at radius 1 is 1.08 bits per heavy atom. The Morgan fingerprint density at radius 3 is 2.62 bits per heavy atom. The molecule has 0 spiro atoms. The molecular weight excluding hydrogens is 322 g/mol. The minimum atomic E-state index is 0.915. The number of guanidine groups is 1. The van der Waals surface area contributed by atoms with Crippen LogP contribution in [0.2, 0.25) is 0 Å². The molecule has 1 saturated carbocycles. The van der Waals surface area contributed by atoms with Crippen LogP contribution < -0.4 is 10.6 Å². The molecule has 2 N–H and O–H groups in total. The summed E-state index contributed by atoms with van der Waals surface area (Å²) in [6.45, 7) is 13.6. The highest BCUT2D eigenvalue weighted by Crippen LogP contribution is 2.30. The van der Waals surface area contributed by atoms with E-state index >= 15 is 0 Å². The molecule has 0 aromatic heterocycles. The molecule has 2 unspecified atom stereocenters. The number of piperazine rings is 1. The fourth-order valence-electron chi connectivity index (χ4n) is 4.27. The molecule has 0 aromatic carbocycles. The predicted octanol–water partition coefficient (Wildman–Crippen LogP) is 2.79. The Labute approximate surface area is 162 Å². The lowest BCUT2D eigenvalue weighted by Crippen LogP contribution is -2.44. The maximum absolute atomic E-state index is 4.77. The Kier molecular flexibility index (Phi) is 10.4. The van der Waals surface area contributed by atoms with Crippen LogP contribution in [-0.2, 0) is 0 Å². The summed E-state index contributed by atoms with van der Waals surface area (Å²) >= 11 is 0. The van der Waals surface area contributed by atoms with Gasteiger partial charge < -0.3 is 20.4 Å². The third-order valence-electron chi connectivity index (χ3n) is 5.98. The van der Waals surface area contributed by atoms with Gasteiger partial charge in [-0.25, -0.2) is 0 Å². The number of likely N-dealkylation sites (N-methyl/N-ethyl adjacent to an activating group) is 1. The van der Waals surface area contributed by atoms with E-state index in [1.807, 2.05) is 0 Å². The normalized spacial score (nSPS) is 26.0. The van der Waals surface area contributed by atoms with Crippen LogP contribution in [0.25, 0.3) is 0 Å². The van der Waals surface area contributed by atoms with Crippen LogP contribution >= 0.6 is 0 Å². The second-order valence-corrected chi connectivity index (χ2v) is 8.47. The van der Waals surface area contributed by atoms with Gasteiger partial charge in [-0.2, -0.15) is 0 Å². The third kappa shape index (κ3) is 8.72. The first-order chi connectivity index (χ1) is 12.7. The van der Waals surface area contributed by atoms with E-state index in [-0.39, 0.29) is 0 Å². The van der Waals surface area contributed by atoms with Gasteiger partial charge in [0.15, 0.2) is 5.96 Å². The predicted molar refractivity (Wildman–Crippen MR) is 113 cm³/mol. The van der Waals surface area contributed by atoms with E-state index in [1.165, 1.54) is 77.7 Å². The molecule has 152 valence electrons. The molecule has 1 aliphatic heterocycles. The monoisotopic (exact) mass is 365 g/mol. The molecule has 1 aliphatic carbocycles. The van der Waals surface area contributed by atoms with Crippen LogP contribution in [0, 0.1) is 11.8 Å². The van der Waals surface area contributed by atoms with Gasteiger partial charge in [-0.05, 0) is 58.0 Å². The largest absolute Gasteiger partial charge is 0.357 e. The van der Waals surface area contributed by atoms with Gasteiger partial charge in [0, 0.05) is 45.8 Å². The maximum atomic E-state index is 4.77. The molecule has 0 amide bonds. The van der Waals surface area contributed by atoms with E-state index in [0.717, 1.165) is 37.4 Å². The minimum absolute atomic E-state index is 0.915. The maximum Gasteiger partial charge on any atom is 0.191 e. The van der Waals surface area contributed by atoms with E-state index < -0.39 is 0 Å². The van der Waals surface area contributed by atoms with Crippen molar-refractivity contribution in [3.8, 4) is 0 Å². The van der Waals surface area contributed by atoms with Gasteiger partial charge in [-0.1, -0.05) is 26.2 Å². The van der Waals surface area contributed by atoms with Crippen LogP contribution in [0.15, 0.2) is 4.99 Å². The second-order valence-electron chi connectivity index (χ2n) is 8.47. The highest BCUT2D eigenvalue weighted by atomic mass is 15.2. The van der Waals surface area contributed by atoms with Crippen molar-refractivity contribution in [2.75, 3.05) is 59.4 Å². The van der Waals surface area contributed by atoms with E-state index in [9.17, 15) is 0 Å². The van der Waals surface area contributed by atoms with Gasteiger partial charge in [0.2, 0.25) is 0 Å². The van der Waals surface area contributed by atoms with Crippen molar-refractivity contribution in [2.45, 2.75) is 58.8 Å². The Bertz CT molecular complexity index is 390. The van der Waals surface area contributed by atoms with Crippen LogP contribution in [-0.4, -0.2) is 75.2 Å². The van der Waals surface area contributed by atoms with Crippen LogP contribution in [0.3, 0.4) is 0 Å². The third-order valence-corrected chi connectivity index (χ3v) is 5.98. The highest BCUT2D eigenvalue weighted by Gasteiger charge is 2.18. The first-order valence-electron chi connectivity index (χ1n) is 11.1. The first-order valence-corrected chi connectivity index (χ1v) is 11.1. The number of unbranched alkanes of at least 4 members (excludes halogenated alkanes) is 1. The highest BCUT2D eigenvalue weighted by molar-refractivity contribution is 5.79. The molecule has 2 rings (SSSR count). The number of nitrogens with one attached hydrogen (secondary N) is 2. The molecule has 2 fully saturated rings. The van der Waals surface area contributed by atoms with Gasteiger partial charge in [0.05, 0.1) is 0 Å². The minimum Gasteiger partial charge on any atom is -0.357 e. The average Bonchev–Trinajstić information content (AvgIpc) is 2.63. The van der Waals surface area contributed by atoms with Crippen molar-refractivity contribution in [2.24, 2.45) is 16.8 Å². The smallest absolute Gasteiger partial charge is 0.191 e. The summed E-state index contributed by atoms with van der Waals surface area (Å²) in [6, 6.07) is 0. The van der Waals surface area contributed by atoms with Crippen LogP contribution in [0.5, 0.6) is 0 Å². The molecule has 1 heterocycles. The van der Waals surface area contributed by atoms with Gasteiger partial charge in [0.25, 0.3) is 0 Å². The molecule has 26 heavy (non-hydrogen) atoms. The summed E-state index contributed by atoms with van der Waals surface area (Å²) in [6.07, 6.45) is 9.43. The fraction of sp³-hybridized carbons (Fsp3) is 0.952. The fourth-order valence-corrected chi connectivity index (χ4v) is 4.27. The zero-order chi connectivity index (χ0) is 18.6. The Hall–Kier alpha value is -0.810. The topological polar surface area (TPSA) is 42.9 Å². The summed E-state index contributed by atoms with van der Waals surface area (Å²) in [4.78, 5) is 9.79. The van der Waals surface area contributed by atoms with Crippen molar-refractivity contribution in [1.29, 1.82) is 0 Å². The number of nitrogens with zero attached hydrogens (tertiary/aromatic N) is 3. The molecule has 0 bridgehead atoms. The molecule has 5 heteroatoms. The molecule has 0 radical (unpaired) electrons. The van der Waals surface area contributed by atoms with E-state index in [4.69, 9.17) is 4.99 Å². The Balaban J connectivity index is 1.56. The molecule has 5 nitrogen and oxygen atoms in total. The summed E-state index contributed by atoms with van der Waals surface area (Å²) in [5.74, 6) is 2.85. The van der Waals surface area contributed by atoms with E-state index in [1.54, 1.807) is 0 Å². The number of hydrogen-bond donors (Lipinski definition) is 2.